The van der Waals surface area contributed by atoms with Crippen LogP contribution in [0, 0.1) is 6.92 Å². The number of aromatic nitrogens is 1. The lowest BCUT2D eigenvalue weighted by Gasteiger charge is -2.11. The first-order valence-corrected chi connectivity index (χ1v) is 8.42. The fourth-order valence-electron chi connectivity index (χ4n) is 2.53. The molecule has 0 aliphatic carbocycles. The predicted molar refractivity (Wildman–Crippen MR) is 106 cm³/mol. The van der Waals surface area contributed by atoms with Crippen molar-refractivity contribution in [1.82, 2.24) is 4.98 Å². The summed E-state index contributed by atoms with van der Waals surface area (Å²) in [7, 11) is 3.08. The van der Waals surface area contributed by atoms with Gasteiger partial charge in [-0.1, -0.05) is 18.2 Å². The number of nitrogens with zero attached hydrogens (tertiary/aromatic N) is 1. The van der Waals surface area contributed by atoms with Crippen LogP contribution < -0.4 is 20.1 Å². The van der Waals surface area contributed by atoms with E-state index in [9.17, 15) is 4.79 Å². The first-order valence-electron chi connectivity index (χ1n) is 8.42. The first kappa shape index (κ1) is 18.3. The molecule has 1 amide bonds. The second-order valence-corrected chi connectivity index (χ2v) is 5.93. The van der Waals surface area contributed by atoms with Crippen molar-refractivity contribution in [2.24, 2.45) is 0 Å². The molecule has 1 heterocycles. The molecule has 3 rings (SSSR count). The van der Waals surface area contributed by atoms with Crippen LogP contribution in [0.2, 0.25) is 0 Å². The third-order valence-electron chi connectivity index (χ3n) is 4.04. The number of ether oxygens (including phenoxy) is 2. The molecule has 2 aromatic carbocycles. The van der Waals surface area contributed by atoms with Crippen molar-refractivity contribution in [1.29, 1.82) is 0 Å². The van der Waals surface area contributed by atoms with Gasteiger partial charge in [0.15, 0.2) is 0 Å². The third-order valence-corrected chi connectivity index (χ3v) is 4.04. The van der Waals surface area contributed by atoms with Crippen molar-refractivity contribution in [3.63, 3.8) is 0 Å². The van der Waals surface area contributed by atoms with Gasteiger partial charge < -0.3 is 20.1 Å². The van der Waals surface area contributed by atoms with Crippen LogP contribution in [0.4, 0.5) is 17.2 Å². The largest absolute Gasteiger partial charge is 0.497 e. The Morgan fingerprint density at radius 2 is 1.67 bits per heavy atom. The zero-order valence-corrected chi connectivity index (χ0v) is 15.4. The maximum absolute atomic E-state index is 12.5. The molecule has 2 N–H and O–H groups in total. The second-order valence-electron chi connectivity index (χ2n) is 5.93. The Morgan fingerprint density at radius 1 is 0.963 bits per heavy atom. The van der Waals surface area contributed by atoms with E-state index in [1.165, 1.54) is 0 Å². The van der Waals surface area contributed by atoms with Crippen molar-refractivity contribution < 1.29 is 14.3 Å². The van der Waals surface area contributed by atoms with Gasteiger partial charge in [0.05, 0.1) is 26.1 Å². The number of hydrogen-bond donors (Lipinski definition) is 2. The summed E-state index contributed by atoms with van der Waals surface area (Å²) in [5.41, 5.74) is 3.15. The standard InChI is InChI=1S/C21H21N3O3/c1-14-6-4-5-7-19(14)24-20-9-8-16(13-22-20)23-21(25)15-10-17(26-2)12-18(11-15)27-3/h4-13H,1-3H3,(H,22,24)(H,23,25). The van der Waals surface area contributed by atoms with Crippen LogP contribution in [-0.4, -0.2) is 25.1 Å². The van der Waals surface area contributed by atoms with Gasteiger partial charge in [-0.3, -0.25) is 4.79 Å². The van der Waals surface area contributed by atoms with E-state index in [-0.39, 0.29) is 5.91 Å². The van der Waals surface area contributed by atoms with Crippen LogP contribution in [0.5, 0.6) is 11.5 Å². The number of benzene rings is 2. The van der Waals surface area contributed by atoms with Crippen LogP contribution in [0.3, 0.4) is 0 Å². The molecule has 0 atom stereocenters. The van der Waals surface area contributed by atoms with Gasteiger partial charge in [0.2, 0.25) is 0 Å². The van der Waals surface area contributed by atoms with Gasteiger partial charge in [-0.25, -0.2) is 4.98 Å². The second kappa shape index (κ2) is 8.23. The molecule has 6 heteroatoms. The highest BCUT2D eigenvalue weighted by molar-refractivity contribution is 6.04. The molecule has 0 bridgehead atoms. The average Bonchev–Trinajstić information content (AvgIpc) is 2.70. The van der Waals surface area contributed by atoms with E-state index in [1.54, 1.807) is 44.7 Å². The number of pyridine rings is 1. The Morgan fingerprint density at radius 3 is 2.26 bits per heavy atom. The minimum absolute atomic E-state index is 0.270. The Kier molecular flexibility index (Phi) is 5.56. The number of nitrogens with one attached hydrogen (secondary N) is 2. The molecule has 0 unspecified atom stereocenters. The maximum Gasteiger partial charge on any atom is 0.255 e. The fourth-order valence-corrected chi connectivity index (χ4v) is 2.53. The number of anilines is 3. The molecule has 0 fully saturated rings. The quantitative estimate of drug-likeness (QED) is 0.679. The molecular formula is C21H21N3O3. The van der Waals surface area contributed by atoms with Crippen LogP contribution >= 0.6 is 0 Å². The highest BCUT2D eigenvalue weighted by Gasteiger charge is 2.10. The van der Waals surface area contributed by atoms with Crippen molar-refractivity contribution >= 4 is 23.1 Å². The lowest BCUT2D eigenvalue weighted by atomic mass is 10.2. The normalized spacial score (nSPS) is 10.2. The number of amides is 1. The maximum atomic E-state index is 12.5. The van der Waals surface area contributed by atoms with Crippen LogP contribution in [-0.2, 0) is 0 Å². The van der Waals surface area contributed by atoms with Crippen molar-refractivity contribution in [3.05, 3.63) is 71.9 Å². The summed E-state index contributed by atoms with van der Waals surface area (Å²) in [6.07, 6.45) is 1.61. The van der Waals surface area contributed by atoms with E-state index in [0.717, 1.165) is 11.3 Å². The number of carbonyl (C=O) groups is 1. The fraction of sp³-hybridized carbons (Fsp3) is 0.143. The monoisotopic (exact) mass is 363 g/mol. The van der Waals surface area contributed by atoms with Gasteiger partial charge in [0, 0.05) is 17.3 Å². The van der Waals surface area contributed by atoms with Gasteiger partial charge in [-0.15, -0.1) is 0 Å². The van der Waals surface area contributed by atoms with Gasteiger partial charge >= 0.3 is 0 Å². The summed E-state index contributed by atoms with van der Waals surface area (Å²) < 4.78 is 10.4. The summed E-state index contributed by atoms with van der Waals surface area (Å²) in [4.78, 5) is 16.9. The molecule has 27 heavy (non-hydrogen) atoms. The van der Waals surface area contributed by atoms with Crippen LogP contribution in [0.15, 0.2) is 60.8 Å². The molecule has 0 aliphatic rings. The van der Waals surface area contributed by atoms with E-state index >= 15 is 0 Å². The molecule has 138 valence electrons. The average molecular weight is 363 g/mol. The molecule has 0 saturated carbocycles. The SMILES string of the molecule is COc1cc(OC)cc(C(=O)Nc2ccc(Nc3ccccc3C)nc2)c1. The highest BCUT2D eigenvalue weighted by Crippen LogP contribution is 2.24. The van der Waals surface area contributed by atoms with Gasteiger partial charge in [-0.05, 0) is 42.8 Å². The van der Waals surface area contributed by atoms with Crippen molar-refractivity contribution in [2.75, 3.05) is 24.9 Å². The summed E-state index contributed by atoms with van der Waals surface area (Å²) in [6.45, 7) is 2.03. The Bertz CT molecular complexity index is 917. The lowest BCUT2D eigenvalue weighted by Crippen LogP contribution is -2.12. The van der Waals surface area contributed by atoms with Gasteiger partial charge in [-0.2, -0.15) is 0 Å². The molecule has 0 aliphatic heterocycles. The Balaban J connectivity index is 1.71. The molecule has 0 spiro atoms. The number of carbonyl (C=O) groups excluding carboxylic acids is 1. The summed E-state index contributed by atoms with van der Waals surface area (Å²) in [5.74, 6) is 1.53. The van der Waals surface area contributed by atoms with Gasteiger partial charge in [0.1, 0.15) is 17.3 Å². The van der Waals surface area contributed by atoms with Crippen molar-refractivity contribution in [3.8, 4) is 11.5 Å². The molecule has 3 aromatic rings. The number of methoxy groups -OCH3 is 2. The predicted octanol–water partition coefficient (Wildman–Crippen LogP) is 4.40. The number of rotatable bonds is 6. The van der Waals surface area contributed by atoms with Crippen LogP contribution in [0.1, 0.15) is 15.9 Å². The zero-order chi connectivity index (χ0) is 19.2. The lowest BCUT2D eigenvalue weighted by molar-refractivity contribution is 0.102. The van der Waals surface area contributed by atoms with E-state index in [4.69, 9.17) is 9.47 Å². The zero-order valence-electron chi connectivity index (χ0n) is 15.4. The summed E-state index contributed by atoms with van der Waals surface area (Å²) >= 11 is 0. The minimum atomic E-state index is -0.270. The molecule has 0 saturated heterocycles. The topological polar surface area (TPSA) is 72.5 Å². The Hall–Kier alpha value is -3.54. The third kappa shape index (κ3) is 4.55. The van der Waals surface area contributed by atoms with Crippen LogP contribution in [0.25, 0.3) is 0 Å². The van der Waals surface area contributed by atoms with E-state index in [2.05, 4.69) is 15.6 Å². The van der Waals surface area contributed by atoms with E-state index < -0.39 is 0 Å². The molecule has 6 nitrogen and oxygen atoms in total. The number of aryl methyl sites for hydroxylation is 1. The van der Waals surface area contributed by atoms with Crippen molar-refractivity contribution in [2.45, 2.75) is 6.92 Å². The number of para-hydroxylation sites is 1. The summed E-state index contributed by atoms with van der Waals surface area (Å²) in [6, 6.07) is 16.6. The van der Waals surface area contributed by atoms with E-state index in [1.807, 2.05) is 37.3 Å². The van der Waals surface area contributed by atoms with Gasteiger partial charge in [0.25, 0.3) is 5.91 Å². The highest BCUT2D eigenvalue weighted by atomic mass is 16.5. The molecular weight excluding hydrogens is 342 g/mol. The minimum Gasteiger partial charge on any atom is -0.497 e. The van der Waals surface area contributed by atoms with E-state index in [0.29, 0.717) is 28.6 Å². The molecule has 0 radical (unpaired) electrons. The molecule has 1 aromatic heterocycles. The first-order chi connectivity index (χ1) is 13.1. The number of hydrogen-bond acceptors (Lipinski definition) is 5. The Labute approximate surface area is 158 Å². The summed E-state index contributed by atoms with van der Waals surface area (Å²) in [5, 5.41) is 6.08. The smallest absolute Gasteiger partial charge is 0.255 e.